The lowest BCUT2D eigenvalue weighted by Crippen LogP contribution is -2.41. The average molecular weight is 279 g/mol. The van der Waals surface area contributed by atoms with E-state index in [0.717, 1.165) is 0 Å². The van der Waals surface area contributed by atoms with Crippen LogP contribution in [0, 0.1) is 0 Å². The van der Waals surface area contributed by atoms with Crippen LogP contribution in [0.3, 0.4) is 0 Å². The standard InChI is InChI=1S/C11H21NO5S/c1-4-9(11(14)15)18(16)8(2)10(13)12-6-5-7-17-3/h8-9H,4-7H2,1-3H3,(H,12,13)(H,14,15). The van der Waals surface area contributed by atoms with Gasteiger partial charge in [0, 0.05) is 31.1 Å². The van der Waals surface area contributed by atoms with Crippen molar-refractivity contribution in [2.24, 2.45) is 0 Å². The molecule has 3 unspecified atom stereocenters. The maximum Gasteiger partial charge on any atom is 0.319 e. The lowest BCUT2D eigenvalue weighted by atomic mass is 10.3. The summed E-state index contributed by atoms with van der Waals surface area (Å²) in [6.45, 7) is 4.08. The first-order valence-corrected chi connectivity index (χ1v) is 7.12. The molecule has 0 aromatic rings. The predicted octanol–water partition coefficient (Wildman–Crippen LogP) is 0.140. The van der Waals surface area contributed by atoms with E-state index in [1.165, 1.54) is 6.92 Å². The van der Waals surface area contributed by atoms with Gasteiger partial charge < -0.3 is 15.2 Å². The maximum absolute atomic E-state index is 11.9. The van der Waals surface area contributed by atoms with Crippen LogP contribution in [0.5, 0.6) is 0 Å². The Labute approximate surface area is 110 Å². The van der Waals surface area contributed by atoms with Gasteiger partial charge in [-0.05, 0) is 19.8 Å². The van der Waals surface area contributed by atoms with E-state index in [0.29, 0.717) is 19.6 Å². The number of carbonyl (C=O) groups excluding carboxylic acids is 1. The van der Waals surface area contributed by atoms with Crippen LogP contribution in [0.4, 0.5) is 0 Å². The summed E-state index contributed by atoms with van der Waals surface area (Å²) in [5, 5.41) is 9.67. The first-order valence-electron chi connectivity index (χ1n) is 5.84. The third-order valence-electron chi connectivity index (χ3n) is 2.47. The fourth-order valence-electron chi connectivity index (χ4n) is 1.36. The van der Waals surface area contributed by atoms with E-state index >= 15 is 0 Å². The molecule has 0 aromatic carbocycles. The van der Waals surface area contributed by atoms with Gasteiger partial charge >= 0.3 is 5.97 Å². The van der Waals surface area contributed by atoms with E-state index in [-0.39, 0.29) is 12.3 Å². The van der Waals surface area contributed by atoms with E-state index < -0.39 is 27.3 Å². The fraction of sp³-hybridized carbons (Fsp3) is 0.818. The van der Waals surface area contributed by atoms with Crippen LogP contribution in [0.1, 0.15) is 26.7 Å². The molecule has 6 nitrogen and oxygen atoms in total. The summed E-state index contributed by atoms with van der Waals surface area (Å²) >= 11 is 0. The zero-order chi connectivity index (χ0) is 14.1. The molecule has 0 fully saturated rings. The maximum atomic E-state index is 11.9. The summed E-state index contributed by atoms with van der Waals surface area (Å²) in [6.07, 6.45) is 0.904. The number of methoxy groups -OCH3 is 1. The minimum absolute atomic E-state index is 0.239. The summed E-state index contributed by atoms with van der Waals surface area (Å²) in [4.78, 5) is 22.5. The Morgan fingerprint density at radius 1 is 1.44 bits per heavy atom. The lowest BCUT2D eigenvalue weighted by Gasteiger charge is -2.16. The van der Waals surface area contributed by atoms with Gasteiger partial charge in [-0.25, -0.2) is 0 Å². The van der Waals surface area contributed by atoms with Crippen molar-refractivity contribution in [3.63, 3.8) is 0 Å². The van der Waals surface area contributed by atoms with E-state index in [1.54, 1.807) is 14.0 Å². The molecule has 106 valence electrons. The van der Waals surface area contributed by atoms with Crippen molar-refractivity contribution in [3.05, 3.63) is 0 Å². The number of hydrogen-bond acceptors (Lipinski definition) is 4. The van der Waals surface area contributed by atoms with Crippen LogP contribution in [-0.4, -0.2) is 52.0 Å². The second-order valence-corrected chi connectivity index (χ2v) is 5.78. The number of carboxylic acids is 1. The number of amides is 1. The molecule has 0 heterocycles. The highest BCUT2D eigenvalue weighted by Crippen LogP contribution is 2.08. The Morgan fingerprint density at radius 2 is 2.06 bits per heavy atom. The van der Waals surface area contributed by atoms with Gasteiger partial charge in [0.15, 0.2) is 0 Å². The molecular weight excluding hydrogens is 258 g/mol. The van der Waals surface area contributed by atoms with Crippen LogP contribution in [0.25, 0.3) is 0 Å². The number of rotatable bonds is 9. The molecular formula is C11H21NO5S. The van der Waals surface area contributed by atoms with Crippen molar-refractivity contribution >= 4 is 22.7 Å². The number of ether oxygens (including phenoxy) is 1. The van der Waals surface area contributed by atoms with Gasteiger partial charge in [0.1, 0.15) is 10.5 Å². The van der Waals surface area contributed by atoms with Crippen molar-refractivity contribution in [2.45, 2.75) is 37.2 Å². The summed E-state index contributed by atoms with van der Waals surface area (Å²) in [5.74, 6) is -1.51. The SMILES string of the molecule is CCC(C(=O)O)S(=O)C(C)C(=O)NCCCOC. The number of hydrogen-bond donors (Lipinski definition) is 2. The van der Waals surface area contributed by atoms with Crippen molar-refractivity contribution < 1.29 is 23.6 Å². The van der Waals surface area contributed by atoms with E-state index in [4.69, 9.17) is 9.84 Å². The quantitative estimate of drug-likeness (QED) is 0.586. The normalized spacial score (nSPS) is 15.7. The number of nitrogens with one attached hydrogen (secondary N) is 1. The monoisotopic (exact) mass is 279 g/mol. The Hall–Kier alpha value is -0.950. The second kappa shape index (κ2) is 9.04. The van der Waals surface area contributed by atoms with E-state index in [2.05, 4.69) is 5.32 Å². The van der Waals surface area contributed by atoms with Gasteiger partial charge in [-0.3, -0.25) is 13.8 Å². The highest BCUT2D eigenvalue weighted by atomic mass is 32.2. The summed E-state index contributed by atoms with van der Waals surface area (Å²) in [7, 11) is -0.145. The van der Waals surface area contributed by atoms with E-state index in [9.17, 15) is 13.8 Å². The minimum atomic E-state index is -1.71. The zero-order valence-electron chi connectivity index (χ0n) is 11.0. The molecule has 0 bridgehead atoms. The summed E-state index contributed by atoms with van der Waals surface area (Å²) in [5.41, 5.74) is 0. The third-order valence-corrected chi connectivity index (χ3v) is 4.48. The molecule has 2 N–H and O–H groups in total. The predicted molar refractivity (Wildman–Crippen MR) is 68.8 cm³/mol. The molecule has 7 heteroatoms. The van der Waals surface area contributed by atoms with Gasteiger partial charge in [0.2, 0.25) is 5.91 Å². The lowest BCUT2D eigenvalue weighted by molar-refractivity contribution is -0.136. The molecule has 0 aliphatic rings. The molecule has 0 aliphatic carbocycles. The molecule has 0 radical (unpaired) electrons. The number of carboxylic acid groups (broad SMARTS) is 1. The Balaban J connectivity index is 4.27. The second-order valence-electron chi connectivity index (χ2n) is 3.84. The van der Waals surface area contributed by atoms with Crippen LogP contribution in [0.15, 0.2) is 0 Å². The first kappa shape index (κ1) is 17.1. The fourth-order valence-corrected chi connectivity index (χ4v) is 2.68. The molecule has 0 rings (SSSR count). The Bertz CT molecular complexity index is 308. The van der Waals surface area contributed by atoms with Gasteiger partial charge in [-0.15, -0.1) is 0 Å². The average Bonchev–Trinajstić information content (AvgIpc) is 2.33. The van der Waals surface area contributed by atoms with Gasteiger partial charge in [-0.2, -0.15) is 0 Å². The molecule has 3 atom stereocenters. The highest BCUT2D eigenvalue weighted by Gasteiger charge is 2.30. The van der Waals surface area contributed by atoms with Crippen molar-refractivity contribution in [2.75, 3.05) is 20.3 Å². The molecule has 18 heavy (non-hydrogen) atoms. The van der Waals surface area contributed by atoms with Crippen LogP contribution < -0.4 is 5.32 Å². The molecule has 1 amide bonds. The topological polar surface area (TPSA) is 92.7 Å². The van der Waals surface area contributed by atoms with Crippen molar-refractivity contribution in [1.29, 1.82) is 0 Å². The van der Waals surface area contributed by atoms with Gasteiger partial charge in [0.05, 0.1) is 0 Å². The zero-order valence-corrected chi connectivity index (χ0v) is 11.8. The highest BCUT2D eigenvalue weighted by molar-refractivity contribution is 7.87. The minimum Gasteiger partial charge on any atom is -0.480 e. The summed E-state index contributed by atoms with van der Waals surface area (Å²) in [6, 6.07) is 0. The van der Waals surface area contributed by atoms with E-state index in [1.807, 2.05) is 0 Å². The molecule has 0 saturated carbocycles. The third kappa shape index (κ3) is 5.59. The van der Waals surface area contributed by atoms with Crippen LogP contribution >= 0.6 is 0 Å². The van der Waals surface area contributed by atoms with Crippen molar-refractivity contribution in [1.82, 2.24) is 5.32 Å². The smallest absolute Gasteiger partial charge is 0.319 e. The summed E-state index contributed by atoms with van der Waals surface area (Å²) < 4.78 is 16.7. The molecule has 0 aliphatic heterocycles. The van der Waals surface area contributed by atoms with Gasteiger partial charge in [-0.1, -0.05) is 6.92 Å². The van der Waals surface area contributed by atoms with Crippen LogP contribution in [0.2, 0.25) is 0 Å². The molecule has 0 spiro atoms. The first-order chi connectivity index (χ1) is 8.45. The Kier molecular flexibility index (Phi) is 8.57. The van der Waals surface area contributed by atoms with Gasteiger partial charge in [0.25, 0.3) is 0 Å². The Morgan fingerprint density at radius 3 is 2.50 bits per heavy atom. The number of aliphatic carboxylic acids is 1. The molecule has 0 aromatic heterocycles. The largest absolute Gasteiger partial charge is 0.480 e. The number of carbonyl (C=O) groups is 2. The molecule has 0 saturated heterocycles. The van der Waals surface area contributed by atoms with Crippen molar-refractivity contribution in [3.8, 4) is 0 Å². The van der Waals surface area contributed by atoms with Crippen LogP contribution in [-0.2, 0) is 25.1 Å².